The lowest BCUT2D eigenvalue weighted by molar-refractivity contribution is -0.385. The van der Waals surface area contributed by atoms with Crippen LogP contribution in [0.15, 0.2) is 59.8 Å². The number of hydrogen-bond donors (Lipinski definition) is 2. The summed E-state index contributed by atoms with van der Waals surface area (Å²) in [5, 5.41) is 16.3. The Morgan fingerprint density at radius 2 is 1.78 bits per heavy atom. The number of nitro benzene ring substituents is 1. The molecule has 10 heteroatoms. The second-order valence-electron chi connectivity index (χ2n) is 6.84. The fraction of sp³-hybridized carbons (Fsp3) is 0.227. The van der Waals surface area contributed by atoms with Crippen LogP contribution in [-0.4, -0.2) is 36.1 Å². The fourth-order valence-electron chi connectivity index (χ4n) is 3.34. The molecule has 0 aromatic heterocycles. The molecule has 2 amide bonds. The lowest BCUT2D eigenvalue weighted by atomic mass is 9.95. The standard InChI is InChI=1S/C22H21N3O7/c1-3-31-21(27)18-16(23-22(28)24-19(18)14-8-5-4-6-9-14)12-32-20(26)15-10-7-11-17(13(15)2)25(29)30/h4-11,19H,3,12H2,1-2H3,(H2,23,24,28)/t19-/m1/s1. The summed E-state index contributed by atoms with van der Waals surface area (Å²) in [6.07, 6.45) is 0. The maximum Gasteiger partial charge on any atom is 0.339 e. The zero-order valence-electron chi connectivity index (χ0n) is 17.4. The van der Waals surface area contributed by atoms with Gasteiger partial charge in [0.2, 0.25) is 0 Å². The molecule has 166 valence electrons. The summed E-state index contributed by atoms with van der Waals surface area (Å²) in [7, 11) is 0. The van der Waals surface area contributed by atoms with Gasteiger partial charge in [-0.1, -0.05) is 36.4 Å². The number of ether oxygens (including phenoxy) is 2. The number of carbonyl (C=O) groups excluding carboxylic acids is 3. The number of urea groups is 1. The van der Waals surface area contributed by atoms with Gasteiger partial charge in [-0.15, -0.1) is 0 Å². The van der Waals surface area contributed by atoms with Gasteiger partial charge in [0.25, 0.3) is 5.69 Å². The Morgan fingerprint density at radius 1 is 1.06 bits per heavy atom. The van der Waals surface area contributed by atoms with Crippen molar-refractivity contribution in [3.05, 3.63) is 86.6 Å². The first-order chi connectivity index (χ1) is 15.3. The van der Waals surface area contributed by atoms with Gasteiger partial charge < -0.3 is 20.1 Å². The molecule has 2 N–H and O–H groups in total. The van der Waals surface area contributed by atoms with Crippen molar-refractivity contribution in [1.82, 2.24) is 10.6 Å². The monoisotopic (exact) mass is 439 g/mol. The molecule has 1 aliphatic heterocycles. The molecule has 0 fully saturated rings. The predicted molar refractivity (Wildman–Crippen MR) is 113 cm³/mol. The minimum absolute atomic E-state index is 0.0114. The molecular formula is C22H21N3O7. The largest absolute Gasteiger partial charge is 0.463 e. The number of carbonyl (C=O) groups is 3. The smallest absolute Gasteiger partial charge is 0.339 e. The van der Waals surface area contributed by atoms with E-state index in [4.69, 9.17) is 9.47 Å². The average Bonchev–Trinajstić information content (AvgIpc) is 2.77. The third kappa shape index (κ3) is 4.75. The normalized spacial score (nSPS) is 15.4. The second kappa shape index (κ2) is 9.73. The molecule has 3 rings (SSSR count). The zero-order chi connectivity index (χ0) is 23.3. The summed E-state index contributed by atoms with van der Waals surface area (Å²) in [4.78, 5) is 48.1. The first-order valence-electron chi connectivity index (χ1n) is 9.77. The van der Waals surface area contributed by atoms with E-state index in [0.29, 0.717) is 5.56 Å². The minimum atomic E-state index is -0.828. The second-order valence-corrected chi connectivity index (χ2v) is 6.84. The number of benzene rings is 2. The van der Waals surface area contributed by atoms with Crippen LogP contribution in [0.4, 0.5) is 10.5 Å². The van der Waals surface area contributed by atoms with E-state index in [1.54, 1.807) is 37.3 Å². The van der Waals surface area contributed by atoms with Crippen molar-refractivity contribution in [2.75, 3.05) is 13.2 Å². The Kier molecular flexibility index (Phi) is 6.83. The molecule has 2 aromatic rings. The highest BCUT2D eigenvalue weighted by Gasteiger charge is 2.34. The van der Waals surface area contributed by atoms with Gasteiger partial charge in [-0.25, -0.2) is 14.4 Å². The van der Waals surface area contributed by atoms with Crippen LogP contribution >= 0.6 is 0 Å². The van der Waals surface area contributed by atoms with E-state index < -0.39 is 35.5 Å². The summed E-state index contributed by atoms with van der Waals surface area (Å²) in [6, 6.07) is 11.5. The lowest BCUT2D eigenvalue weighted by Crippen LogP contribution is -2.47. The van der Waals surface area contributed by atoms with Crippen LogP contribution in [0.25, 0.3) is 0 Å². The molecule has 0 unspecified atom stereocenters. The van der Waals surface area contributed by atoms with Crippen LogP contribution < -0.4 is 10.6 Å². The fourth-order valence-corrected chi connectivity index (χ4v) is 3.34. The lowest BCUT2D eigenvalue weighted by Gasteiger charge is -2.29. The van der Waals surface area contributed by atoms with Gasteiger partial charge in [0.15, 0.2) is 0 Å². The molecule has 1 aliphatic rings. The van der Waals surface area contributed by atoms with Crippen molar-refractivity contribution in [3.8, 4) is 0 Å². The van der Waals surface area contributed by atoms with Crippen LogP contribution in [-0.2, 0) is 14.3 Å². The van der Waals surface area contributed by atoms with E-state index >= 15 is 0 Å². The van der Waals surface area contributed by atoms with Crippen LogP contribution in [0, 0.1) is 17.0 Å². The van der Waals surface area contributed by atoms with E-state index in [1.807, 2.05) is 0 Å². The summed E-state index contributed by atoms with van der Waals surface area (Å²) in [5.74, 6) is -1.50. The van der Waals surface area contributed by atoms with E-state index in [0.717, 1.165) is 0 Å². The van der Waals surface area contributed by atoms with E-state index in [9.17, 15) is 24.5 Å². The third-order valence-corrected chi connectivity index (χ3v) is 4.85. The quantitative estimate of drug-likeness (QED) is 0.384. The average molecular weight is 439 g/mol. The van der Waals surface area contributed by atoms with E-state index in [-0.39, 0.29) is 34.7 Å². The number of nitrogens with one attached hydrogen (secondary N) is 2. The molecule has 0 bridgehead atoms. The molecule has 0 radical (unpaired) electrons. The van der Waals surface area contributed by atoms with Crippen LogP contribution in [0.2, 0.25) is 0 Å². The molecule has 2 aromatic carbocycles. The Balaban J connectivity index is 1.93. The molecule has 0 saturated heterocycles. The summed E-state index contributed by atoms with van der Waals surface area (Å²) < 4.78 is 10.5. The summed E-state index contributed by atoms with van der Waals surface area (Å²) in [5.41, 5.74) is 0.753. The van der Waals surface area contributed by atoms with Gasteiger partial charge in [-0.05, 0) is 25.5 Å². The highest BCUT2D eigenvalue weighted by Crippen LogP contribution is 2.28. The van der Waals surface area contributed by atoms with Crippen LogP contribution in [0.3, 0.4) is 0 Å². The number of nitro groups is 1. The molecular weight excluding hydrogens is 418 g/mol. The van der Waals surface area contributed by atoms with Gasteiger partial charge in [0.1, 0.15) is 6.61 Å². The number of rotatable bonds is 7. The number of nitrogens with zero attached hydrogens (tertiary/aromatic N) is 1. The van der Waals surface area contributed by atoms with Crippen molar-refractivity contribution in [2.45, 2.75) is 19.9 Å². The topological polar surface area (TPSA) is 137 Å². The van der Waals surface area contributed by atoms with E-state index in [1.165, 1.54) is 25.1 Å². The van der Waals surface area contributed by atoms with Gasteiger partial charge in [0, 0.05) is 11.6 Å². The summed E-state index contributed by atoms with van der Waals surface area (Å²) in [6.45, 7) is 2.76. The molecule has 1 atom stereocenters. The third-order valence-electron chi connectivity index (χ3n) is 4.85. The number of esters is 2. The highest BCUT2D eigenvalue weighted by atomic mass is 16.6. The minimum Gasteiger partial charge on any atom is -0.463 e. The Morgan fingerprint density at radius 3 is 2.44 bits per heavy atom. The van der Waals surface area contributed by atoms with Crippen molar-refractivity contribution in [1.29, 1.82) is 0 Å². The molecule has 1 heterocycles. The Labute approximate surface area is 183 Å². The Bertz CT molecular complexity index is 1100. The van der Waals surface area contributed by atoms with Crippen molar-refractivity contribution in [3.63, 3.8) is 0 Å². The molecule has 32 heavy (non-hydrogen) atoms. The van der Waals surface area contributed by atoms with Crippen molar-refractivity contribution >= 4 is 23.7 Å². The first kappa shape index (κ1) is 22.5. The van der Waals surface area contributed by atoms with Gasteiger partial charge in [0.05, 0.1) is 34.4 Å². The number of amides is 2. The zero-order valence-corrected chi connectivity index (χ0v) is 17.4. The van der Waals surface area contributed by atoms with Crippen molar-refractivity contribution < 1.29 is 28.8 Å². The van der Waals surface area contributed by atoms with Gasteiger partial charge in [-0.2, -0.15) is 0 Å². The summed E-state index contributed by atoms with van der Waals surface area (Å²) >= 11 is 0. The maximum absolute atomic E-state index is 12.7. The van der Waals surface area contributed by atoms with E-state index in [2.05, 4.69) is 10.6 Å². The predicted octanol–water partition coefficient (Wildman–Crippen LogP) is 2.93. The highest BCUT2D eigenvalue weighted by molar-refractivity contribution is 5.96. The maximum atomic E-state index is 12.7. The molecule has 0 saturated carbocycles. The van der Waals surface area contributed by atoms with Crippen LogP contribution in [0.1, 0.15) is 34.5 Å². The molecule has 10 nitrogen and oxygen atoms in total. The van der Waals surface area contributed by atoms with Gasteiger partial charge in [-0.3, -0.25) is 10.1 Å². The number of hydrogen-bond acceptors (Lipinski definition) is 7. The molecule has 0 spiro atoms. The van der Waals surface area contributed by atoms with Crippen LogP contribution in [0.5, 0.6) is 0 Å². The first-order valence-corrected chi connectivity index (χ1v) is 9.77. The molecule has 0 aliphatic carbocycles. The van der Waals surface area contributed by atoms with Crippen molar-refractivity contribution in [2.24, 2.45) is 0 Å². The van der Waals surface area contributed by atoms with Gasteiger partial charge >= 0.3 is 18.0 Å². The Hall–Kier alpha value is -4.21. The SMILES string of the molecule is CCOC(=O)C1=C(COC(=O)c2cccc([N+](=O)[O-])c2C)NC(=O)N[C@@H]1c1ccccc1.